The van der Waals surface area contributed by atoms with Crippen molar-refractivity contribution in [1.82, 2.24) is 10.2 Å². The Morgan fingerprint density at radius 1 is 1.53 bits per heavy atom. The average molecular weight is 240 g/mol. The van der Waals surface area contributed by atoms with E-state index in [0.29, 0.717) is 0 Å². The molecule has 0 aromatic rings. The smallest absolute Gasteiger partial charge is 0.230 e. The van der Waals surface area contributed by atoms with Crippen LogP contribution in [0.15, 0.2) is 0 Å². The molecular weight excluding hydrogens is 216 g/mol. The SMILES string of the molecule is CCC1(C(=O)N2CCC[C@H]2CO)CCCNC1. The largest absolute Gasteiger partial charge is 0.394 e. The predicted molar refractivity (Wildman–Crippen MR) is 66.6 cm³/mol. The monoisotopic (exact) mass is 240 g/mol. The average Bonchev–Trinajstić information content (AvgIpc) is 2.86. The van der Waals surface area contributed by atoms with Crippen molar-refractivity contribution in [3.8, 4) is 0 Å². The van der Waals surface area contributed by atoms with Gasteiger partial charge in [-0.25, -0.2) is 0 Å². The Labute approximate surface area is 103 Å². The maximum Gasteiger partial charge on any atom is 0.230 e. The van der Waals surface area contributed by atoms with E-state index in [9.17, 15) is 9.90 Å². The fourth-order valence-corrected chi connectivity index (χ4v) is 3.20. The molecule has 2 heterocycles. The molecule has 2 aliphatic heterocycles. The molecule has 4 heteroatoms. The molecule has 0 spiro atoms. The first-order valence-corrected chi connectivity index (χ1v) is 6.86. The van der Waals surface area contributed by atoms with Gasteiger partial charge in [-0.2, -0.15) is 0 Å². The van der Waals surface area contributed by atoms with Crippen LogP contribution in [-0.4, -0.2) is 48.2 Å². The number of nitrogens with one attached hydrogen (secondary N) is 1. The number of amides is 1. The van der Waals surface area contributed by atoms with Gasteiger partial charge in [0.15, 0.2) is 0 Å². The number of rotatable bonds is 3. The number of hydrogen-bond donors (Lipinski definition) is 2. The summed E-state index contributed by atoms with van der Waals surface area (Å²) in [6, 6.07) is 0.0628. The highest BCUT2D eigenvalue weighted by Gasteiger charge is 2.43. The Kier molecular flexibility index (Phi) is 4.05. The van der Waals surface area contributed by atoms with E-state index >= 15 is 0 Å². The van der Waals surface area contributed by atoms with E-state index in [1.54, 1.807) is 0 Å². The third-order valence-electron chi connectivity index (χ3n) is 4.45. The molecular formula is C13H24N2O2. The minimum atomic E-state index is -0.212. The first kappa shape index (κ1) is 12.8. The molecule has 4 nitrogen and oxygen atoms in total. The van der Waals surface area contributed by atoms with Crippen LogP contribution in [0.3, 0.4) is 0 Å². The van der Waals surface area contributed by atoms with E-state index in [2.05, 4.69) is 12.2 Å². The lowest BCUT2D eigenvalue weighted by molar-refractivity contribution is -0.145. The minimum absolute atomic E-state index is 0.0628. The summed E-state index contributed by atoms with van der Waals surface area (Å²) in [6.07, 6.45) is 4.95. The van der Waals surface area contributed by atoms with Gasteiger partial charge in [-0.3, -0.25) is 4.79 Å². The van der Waals surface area contributed by atoms with Gasteiger partial charge in [-0.15, -0.1) is 0 Å². The molecule has 98 valence electrons. The van der Waals surface area contributed by atoms with Crippen molar-refractivity contribution < 1.29 is 9.90 Å². The lowest BCUT2D eigenvalue weighted by Gasteiger charge is -2.40. The van der Waals surface area contributed by atoms with Crippen LogP contribution in [0.4, 0.5) is 0 Å². The molecule has 0 aromatic heterocycles. The Morgan fingerprint density at radius 3 is 2.94 bits per heavy atom. The number of aliphatic hydroxyl groups excluding tert-OH is 1. The van der Waals surface area contributed by atoms with Crippen molar-refractivity contribution in [3.05, 3.63) is 0 Å². The summed E-state index contributed by atoms with van der Waals surface area (Å²) in [7, 11) is 0. The Morgan fingerprint density at radius 2 is 2.35 bits per heavy atom. The summed E-state index contributed by atoms with van der Waals surface area (Å²) in [5.41, 5.74) is -0.212. The molecule has 2 aliphatic rings. The van der Waals surface area contributed by atoms with Crippen LogP contribution in [0.25, 0.3) is 0 Å². The molecule has 0 aliphatic carbocycles. The summed E-state index contributed by atoms with van der Waals surface area (Å²) < 4.78 is 0. The standard InChI is InChI=1S/C13H24N2O2/c1-2-13(6-4-7-14-10-13)12(17)15-8-3-5-11(15)9-16/h11,14,16H,2-10H2,1H3/t11-,13?/m0/s1. The van der Waals surface area contributed by atoms with Crippen LogP contribution >= 0.6 is 0 Å². The molecule has 0 bridgehead atoms. The highest BCUT2D eigenvalue weighted by Crippen LogP contribution is 2.34. The van der Waals surface area contributed by atoms with Crippen molar-refractivity contribution >= 4 is 5.91 Å². The fraction of sp³-hybridized carbons (Fsp3) is 0.923. The third-order valence-corrected chi connectivity index (χ3v) is 4.45. The van der Waals surface area contributed by atoms with Crippen molar-refractivity contribution in [2.75, 3.05) is 26.2 Å². The first-order valence-electron chi connectivity index (χ1n) is 6.86. The van der Waals surface area contributed by atoms with Crippen molar-refractivity contribution in [2.45, 2.75) is 45.1 Å². The van der Waals surface area contributed by atoms with E-state index in [1.165, 1.54) is 0 Å². The topological polar surface area (TPSA) is 52.6 Å². The quantitative estimate of drug-likeness (QED) is 0.765. The van der Waals surface area contributed by atoms with Crippen LogP contribution in [0.5, 0.6) is 0 Å². The van der Waals surface area contributed by atoms with Gasteiger partial charge in [0, 0.05) is 13.1 Å². The second-order valence-corrected chi connectivity index (χ2v) is 5.39. The van der Waals surface area contributed by atoms with E-state index in [-0.39, 0.29) is 24.0 Å². The summed E-state index contributed by atoms with van der Waals surface area (Å²) >= 11 is 0. The van der Waals surface area contributed by atoms with Gasteiger partial charge in [-0.1, -0.05) is 6.92 Å². The van der Waals surface area contributed by atoms with Crippen LogP contribution in [-0.2, 0) is 4.79 Å². The lowest BCUT2D eigenvalue weighted by atomic mass is 9.77. The highest BCUT2D eigenvalue weighted by atomic mass is 16.3. The van der Waals surface area contributed by atoms with Crippen molar-refractivity contribution in [1.29, 1.82) is 0 Å². The maximum absolute atomic E-state index is 12.7. The minimum Gasteiger partial charge on any atom is -0.394 e. The summed E-state index contributed by atoms with van der Waals surface area (Å²) in [6.45, 7) is 4.87. The fourth-order valence-electron chi connectivity index (χ4n) is 3.20. The van der Waals surface area contributed by atoms with Crippen LogP contribution in [0, 0.1) is 5.41 Å². The zero-order valence-corrected chi connectivity index (χ0v) is 10.7. The number of likely N-dealkylation sites (tertiary alicyclic amines) is 1. The number of aliphatic hydroxyl groups is 1. The predicted octanol–water partition coefficient (Wildman–Crippen LogP) is 0.750. The molecule has 2 fully saturated rings. The lowest BCUT2D eigenvalue weighted by Crippen LogP contribution is -2.53. The summed E-state index contributed by atoms with van der Waals surface area (Å²) in [5.74, 6) is 0.267. The van der Waals surface area contributed by atoms with E-state index in [0.717, 1.165) is 51.7 Å². The molecule has 1 unspecified atom stereocenters. The maximum atomic E-state index is 12.7. The number of carbonyl (C=O) groups excluding carboxylic acids is 1. The van der Waals surface area contributed by atoms with Crippen LogP contribution in [0.1, 0.15) is 39.0 Å². The van der Waals surface area contributed by atoms with E-state index in [1.807, 2.05) is 4.90 Å². The molecule has 0 radical (unpaired) electrons. The van der Waals surface area contributed by atoms with Crippen molar-refractivity contribution in [2.24, 2.45) is 5.41 Å². The Balaban J connectivity index is 2.10. The molecule has 2 rings (SSSR count). The van der Waals surface area contributed by atoms with Gasteiger partial charge >= 0.3 is 0 Å². The molecule has 0 aromatic carbocycles. The molecule has 1 amide bonds. The molecule has 0 saturated carbocycles. The van der Waals surface area contributed by atoms with Gasteiger partial charge in [0.1, 0.15) is 0 Å². The Hall–Kier alpha value is -0.610. The van der Waals surface area contributed by atoms with Crippen molar-refractivity contribution in [3.63, 3.8) is 0 Å². The zero-order chi connectivity index (χ0) is 12.3. The van der Waals surface area contributed by atoms with Crippen LogP contribution in [0.2, 0.25) is 0 Å². The molecule has 17 heavy (non-hydrogen) atoms. The number of hydrogen-bond acceptors (Lipinski definition) is 3. The number of nitrogens with zero attached hydrogens (tertiary/aromatic N) is 1. The number of carbonyl (C=O) groups is 1. The van der Waals surface area contributed by atoms with Gasteiger partial charge in [0.25, 0.3) is 0 Å². The second-order valence-electron chi connectivity index (χ2n) is 5.39. The van der Waals surface area contributed by atoms with Gasteiger partial charge < -0.3 is 15.3 Å². The summed E-state index contributed by atoms with van der Waals surface area (Å²) in [4.78, 5) is 14.6. The molecule has 2 N–H and O–H groups in total. The zero-order valence-electron chi connectivity index (χ0n) is 10.7. The van der Waals surface area contributed by atoms with Gasteiger partial charge in [0.2, 0.25) is 5.91 Å². The van der Waals surface area contributed by atoms with Gasteiger partial charge in [-0.05, 0) is 38.6 Å². The highest BCUT2D eigenvalue weighted by molar-refractivity contribution is 5.83. The first-order chi connectivity index (χ1) is 8.23. The third kappa shape index (κ3) is 2.33. The number of piperidine rings is 1. The van der Waals surface area contributed by atoms with Crippen LogP contribution < -0.4 is 5.32 Å². The Bertz CT molecular complexity index is 275. The summed E-state index contributed by atoms with van der Waals surface area (Å²) in [5, 5.41) is 12.7. The molecule has 2 saturated heterocycles. The van der Waals surface area contributed by atoms with Gasteiger partial charge in [0.05, 0.1) is 18.1 Å². The second kappa shape index (κ2) is 5.36. The van der Waals surface area contributed by atoms with E-state index < -0.39 is 0 Å². The van der Waals surface area contributed by atoms with E-state index in [4.69, 9.17) is 0 Å². The molecule has 2 atom stereocenters. The normalized spacial score (nSPS) is 34.0.